The molecule has 0 amide bonds. The van der Waals surface area contributed by atoms with Crippen LogP contribution in [0.5, 0.6) is 0 Å². The minimum Gasteiger partial charge on any atom is -0.330 e. The molecular formula is C15H9ClF3N3S2. The van der Waals surface area contributed by atoms with Gasteiger partial charge in [-0.2, -0.15) is 13.2 Å². The van der Waals surface area contributed by atoms with E-state index in [0.717, 1.165) is 16.6 Å². The lowest BCUT2D eigenvalue weighted by Gasteiger charge is -2.11. The monoisotopic (exact) mass is 387 g/mol. The van der Waals surface area contributed by atoms with Crippen LogP contribution in [0.2, 0.25) is 5.02 Å². The molecule has 124 valence electrons. The van der Waals surface area contributed by atoms with Crippen molar-refractivity contribution in [2.45, 2.75) is 16.0 Å². The van der Waals surface area contributed by atoms with E-state index < -0.39 is 11.7 Å². The van der Waals surface area contributed by atoms with Crippen LogP contribution in [0.4, 0.5) is 24.0 Å². The van der Waals surface area contributed by atoms with Crippen LogP contribution >= 0.6 is 34.7 Å². The van der Waals surface area contributed by atoms with E-state index in [-0.39, 0.29) is 5.02 Å². The molecular weight excluding hydrogens is 379 g/mol. The molecule has 3 nitrogen and oxygen atoms in total. The van der Waals surface area contributed by atoms with Crippen LogP contribution in [-0.2, 0) is 6.18 Å². The Labute approximate surface area is 148 Å². The maximum Gasteiger partial charge on any atom is 0.417 e. The first kappa shape index (κ1) is 17.1. The molecule has 0 unspecified atom stereocenters. The van der Waals surface area contributed by atoms with Gasteiger partial charge >= 0.3 is 6.18 Å². The molecule has 0 spiro atoms. The van der Waals surface area contributed by atoms with Crippen LogP contribution in [0.3, 0.4) is 0 Å². The fourth-order valence-corrected chi connectivity index (χ4v) is 3.43. The van der Waals surface area contributed by atoms with Crippen LogP contribution in [0.15, 0.2) is 57.8 Å². The summed E-state index contributed by atoms with van der Waals surface area (Å²) in [4.78, 5) is 1.28. The third kappa shape index (κ3) is 4.19. The molecule has 0 radical (unpaired) electrons. The molecule has 0 fully saturated rings. The Bertz CT molecular complexity index is 821. The zero-order valence-electron chi connectivity index (χ0n) is 11.8. The Kier molecular flexibility index (Phi) is 4.98. The number of alkyl halides is 3. The van der Waals surface area contributed by atoms with Crippen LogP contribution in [-0.4, -0.2) is 10.2 Å². The van der Waals surface area contributed by atoms with Crippen molar-refractivity contribution in [1.29, 1.82) is 0 Å². The third-order valence-electron chi connectivity index (χ3n) is 2.94. The summed E-state index contributed by atoms with van der Waals surface area (Å²) in [7, 11) is 0. The largest absolute Gasteiger partial charge is 0.417 e. The van der Waals surface area contributed by atoms with Crippen molar-refractivity contribution in [3.05, 3.63) is 58.6 Å². The normalized spacial score (nSPS) is 11.5. The van der Waals surface area contributed by atoms with Gasteiger partial charge in [0.05, 0.1) is 10.6 Å². The number of hydrogen-bond donors (Lipinski definition) is 1. The van der Waals surface area contributed by atoms with Gasteiger partial charge in [0.15, 0.2) is 0 Å². The second kappa shape index (κ2) is 7.00. The van der Waals surface area contributed by atoms with Crippen LogP contribution < -0.4 is 5.32 Å². The van der Waals surface area contributed by atoms with Gasteiger partial charge in [-0.3, -0.25) is 0 Å². The molecule has 9 heteroatoms. The topological polar surface area (TPSA) is 37.8 Å². The van der Waals surface area contributed by atoms with Crippen molar-refractivity contribution < 1.29 is 13.2 Å². The Balaban J connectivity index is 1.74. The summed E-state index contributed by atoms with van der Waals surface area (Å²) in [6, 6.07) is 11.2. The number of rotatable bonds is 4. The molecule has 0 aliphatic carbocycles. The lowest BCUT2D eigenvalue weighted by atomic mass is 10.2. The van der Waals surface area contributed by atoms with Gasteiger partial charge in [-0.05, 0) is 42.5 Å². The molecule has 1 heterocycles. The number of hydrogen-bond acceptors (Lipinski definition) is 5. The molecule has 0 aliphatic rings. The van der Waals surface area contributed by atoms with E-state index in [4.69, 9.17) is 11.6 Å². The number of nitrogens with zero attached hydrogens (tertiary/aromatic N) is 2. The number of halogens is 4. The minimum atomic E-state index is -4.47. The van der Waals surface area contributed by atoms with E-state index >= 15 is 0 Å². The van der Waals surface area contributed by atoms with Crippen molar-refractivity contribution in [1.82, 2.24) is 10.2 Å². The van der Waals surface area contributed by atoms with Crippen molar-refractivity contribution in [3.8, 4) is 0 Å². The van der Waals surface area contributed by atoms with E-state index in [1.54, 1.807) is 11.6 Å². The first-order valence-corrected chi connectivity index (χ1v) is 8.67. The van der Waals surface area contributed by atoms with Gasteiger partial charge in [0, 0.05) is 15.5 Å². The second-order valence-corrected chi connectivity index (χ2v) is 7.02. The quantitative estimate of drug-likeness (QED) is 0.586. The summed E-state index contributed by atoms with van der Waals surface area (Å²) in [6.45, 7) is 0. The predicted molar refractivity (Wildman–Crippen MR) is 90.2 cm³/mol. The predicted octanol–water partition coefficient (Wildman–Crippen LogP) is 6.11. The maximum atomic E-state index is 12.9. The van der Waals surface area contributed by atoms with Crippen LogP contribution in [0.1, 0.15) is 5.56 Å². The summed E-state index contributed by atoms with van der Waals surface area (Å²) in [5.41, 5.74) is 1.61. The number of nitrogens with one attached hydrogen (secondary N) is 1. The summed E-state index contributed by atoms with van der Waals surface area (Å²) in [5, 5.41) is 11.0. The molecule has 0 bridgehead atoms. The minimum absolute atomic E-state index is 0.302. The summed E-state index contributed by atoms with van der Waals surface area (Å²) < 4.78 is 38.7. The van der Waals surface area contributed by atoms with Gasteiger partial charge in [-0.15, -0.1) is 10.2 Å². The highest BCUT2D eigenvalue weighted by Crippen LogP contribution is 2.38. The molecule has 3 rings (SSSR count). The number of aromatic nitrogens is 2. The van der Waals surface area contributed by atoms with E-state index in [1.807, 2.05) is 24.3 Å². The highest BCUT2D eigenvalue weighted by atomic mass is 35.5. The van der Waals surface area contributed by atoms with E-state index in [1.165, 1.54) is 29.2 Å². The molecule has 24 heavy (non-hydrogen) atoms. The van der Waals surface area contributed by atoms with Gasteiger partial charge in [-0.25, -0.2) is 0 Å². The zero-order chi connectivity index (χ0) is 17.2. The molecule has 0 atom stereocenters. The highest BCUT2D eigenvalue weighted by molar-refractivity contribution is 7.99. The van der Waals surface area contributed by atoms with Crippen molar-refractivity contribution in [3.63, 3.8) is 0 Å². The molecule has 0 saturated heterocycles. The fourth-order valence-electron chi connectivity index (χ4n) is 1.88. The van der Waals surface area contributed by atoms with Gasteiger partial charge in [0.25, 0.3) is 0 Å². The smallest absolute Gasteiger partial charge is 0.330 e. The van der Waals surface area contributed by atoms with Gasteiger partial charge < -0.3 is 5.32 Å². The fraction of sp³-hybridized carbons (Fsp3) is 0.0667. The number of benzene rings is 2. The first-order valence-electron chi connectivity index (χ1n) is 6.60. The second-order valence-electron chi connectivity index (χ2n) is 4.63. The molecule has 1 aromatic heterocycles. The van der Waals surface area contributed by atoms with E-state index in [2.05, 4.69) is 15.5 Å². The molecule has 3 aromatic rings. The summed E-state index contributed by atoms with van der Waals surface area (Å²) in [5.74, 6) is 0. The summed E-state index contributed by atoms with van der Waals surface area (Å²) >= 11 is 8.23. The van der Waals surface area contributed by atoms with Crippen LogP contribution in [0.25, 0.3) is 0 Å². The lowest BCUT2D eigenvalue weighted by Crippen LogP contribution is -2.05. The molecule has 0 aliphatic heterocycles. The SMILES string of the molecule is FC(F)(F)c1cc(Sc2ccc(Nc3nncs3)cc2)ccc1Cl. The van der Waals surface area contributed by atoms with Crippen molar-refractivity contribution in [2.75, 3.05) is 5.32 Å². The lowest BCUT2D eigenvalue weighted by molar-refractivity contribution is -0.137. The van der Waals surface area contributed by atoms with Crippen LogP contribution in [0, 0.1) is 0 Å². The van der Waals surface area contributed by atoms with Crippen molar-refractivity contribution in [2.24, 2.45) is 0 Å². The van der Waals surface area contributed by atoms with Crippen molar-refractivity contribution >= 4 is 45.5 Å². The number of anilines is 2. The van der Waals surface area contributed by atoms with E-state index in [9.17, 15) is 13.2 Å². The average molecular weight is 388 g/mol. The third-order valence-corrected chi connectivity index (χ3v) is 4.88. The Morgan fingerprint density at radius 2 is 1.75 bits per heavy atom. The van der Waals surface area contributed by atoms with E-state index in [0.29, 0.717) is 10.0 Å². The molecule has 2 aromatic carbocycles. The molecule has 0 saturated carbocycles. The Hall–Kier alpha value is -1.77. The van der Waals surface area contributed by atoms with Gasteiger partial charge in [0.1, 0.15) is 5.51 Å². The average Bonchev–Trinajstić information content (AvgIpc) is 3.03. The maximum absolute atomic E-state index is 12.9. The Morgan fingerprint density at radius 3 is 2.38 bits per heavy atom. The highest BCUT2D eigenvalue weighted by Gasteiger charge is 2.33. The zero-order valence-corrected chi connectivity index (χ0v) is 14.2. The summed E-state index contributed by atoms with van der Waals surface area (Å²) in [6.07, 6.45) is -4.47. The first-order chi connectivity index (χ1) is 11.4. The van der Waals surface area contributed by atoms with Gasteiger partial charge in [-0.1, -0.05) is 34.7 Å². The Morgan fingerprint density at radius 1 is 1.04 bits per heavy atom. The van der Waals surface area contributed by atoms with Gasteiger partial charge in [0.2, 0.25) is 5.13 Å². The molecule has 1 N–H and O–H groups in total. The standard InChI is InChI=1S/C15H9ClF3N3S2/c16-13-6-5-11(7-12(13)15(17,18)19)24-10-3-1-9(2-4-10)21-14-22-20-8-23-14/h1-8H,(H,21,22).